The first-order chi connectivity index (χ1) is 13.1. The zero-order chi connectivity index (χ0) is 20.2. The third-order valence-electron chi connectivity index (χ3n) is 6.73. The van der Waals surface area contributed by atoms with Crippen LogP contribution in [0.15, 0.2) is 34.7 Å². The Bertz CT molecular complexity index is 1030. The molecule has 0 amide bonds. The SMILES string of the molecule is Cc1ccc(-c2csc(NN=C3CC4CCC3(CS(=O)(=O)O)C4(C)C)n2)cc1. The molecule has 2 unspecified atom stereocenters. The standard InChI is InChI=1S/C20H25N3O3S2/c1-13-4-6-14(7-5-13)16-11-27-18(21-16)23-22-17-10-15-8-9-20(17,19(15,2)3)12-28(24,25)26/h4-7,11,15H,8-10,12H2,1-3H3,(H,21,23)(H,24,25,26). The van der Waals surface area contributed by atoms with Crippen molar-refractivity contribution >= 4 is 32.3 Å². The Kier molecular flexibility index (Phi) is 4.63. The number of hydrogen-bond acceptors (Lipinski definition) is 6. The highest BCUT2D eigenvalue weighted by Crippen LogP contribution is 2.64. The molecule has 4 rings (SSSR count). The lowest BCUT2D eigenvalue weighted by Crippen LogP contribution is -2.42. The van der Waals surface area contributed by atoms with Gasteiger partial charge in [-0.25, -0.2) is 4.98 Å². The van der Waals surface area contributed by atoms with Crippen molar-refractivity contribution in [2.45, 2.75) is 40.0 Å². The molecule has 2 atom stereocenters. The minimum Gasteiger partial charge on any atom is -0.286 e. The first-order valence-electron chi connectivity index (χ1n) is 9.41. The fourth-order valence-corrected chi connectivity index (χ4v) is 6.87. The molecule has 2 aromatic rings. The number of thiazole rings is 1. The van der Waals surface area contributed by atoms with E-state index in [1.807, 2.05) is 24.4 Å². The van der Waals surface area contributed by atoms with Crippen LogP contribution in [0, 0.1) is 23.7 Å². The number of nitrogens with zero attached hydrogens (tertiary/aromatic N) is 2. The van der Waals surface area contributed by atoms with Gasteiger partial charge in [0.1, 0.15) is 0 Å². The maximum atomic E-state index is 11.7. The smallest absolute Gasteiger partial charge is 0.265 e. The summed E-state index contributed by atoms with van der Waals surface area (Å²) < 4.78 is 33.0. The molecule has 2 N–H and O–H groups in total. The van der Waals surface area contributed by atoms with Gasteiger partial charge in [0.15, 0.2) is 0 Å². The van der Waals surface area contributed by atoms with Crippen molar-refractivity contribution in [1.82, 2.24) is 4.98 Å². The molecule has 28 heavy (non-hydrogen) atoms. The molecule has 2 aliphatic carbocycles. The van der Waals surface area contributed by atoms with Gasteiger partial charge < -0.3 is 0 Å². The minimum absolute atomic E-state index is 0.209. The van der Waals surface area contributed by atoms with E-state index in [0.717, 1.165) is 36.2 Å². The third-order valence-corrected chi connectivity index (χ3v) is 8.34. The molecule has 0 radical (unpaired) electrons. The van der Waals surface area contributed by atoms with Crippen molar-refractivity contribution in [1.29, 1.82) is 0 Å². The second kappa shape index (κ2) is 6.64. The van der Waals surface area contributed by atoms with E-state index in [1.54, 1.807) is 0 Å². The zero-order valence-electron chi connectivity index (χ0n) is 16.3. The summed E-state index contributed by atoms with van der Waals surface area (Å²) in [4.78, 5) is 4.60. The number of rotatable bonds is 5. The lowest BCUT2D eigenvalue weighted by molar-refractivity contribution is 0.193. The zero-order valence-corrected chi connectivity index (χ0v) is 17.9. The quantitative estimate of drug-likeness (QED) is 0.546. The first kappa shape index (κ1) is 19.5. The molecule has 2 aliphatic rings. The Morgan fingerprint density at radius 1 is 1.32 bits per heavy atom. The summed E-state index contributed by atoms with van der Waals surface area (Å²) >= 11 is 1.47. The van der Waals surface area contributed by atoms with Crippen LogP contribution in [0.4, 0.5) is 5.13 Å². The van der Waals surface area contributed by atoms with Crippen molar-refractivity contribution in [3.8, 4) is 11.3 Å². The number of benzene rings is 1. The normalized spacial score (nSPS) is 27.4. The maximum absolute atomic E-state index is 11.7. The van der Waals surface area contributed by atoms with Crippen molar-refractivity contribution in [2.75, 3.05) is 11.2 Å². The van der Waals surface area contributed by atoms with Crippen molar-refractivity contribution in [2.24, 2.45) is 21.8 Å². The molecule has 150 valence electrons. The number of hydrogen-bond donors (Lipinski definition) is 2. The lowest BCUT2D eigenvalue weighted by atomic mass is 9.70. The van der Waals surface area contributed by atoms with Crippen LogP contribution >= 0.6 is 11.3 Å². The summed E-state index contributed by atoms with van der Waals surface area (Å²) in [7, 11) is -4.10. The highest BCUT2D eigenvalue weighted by atomic mass is 32.2. The summed E-state index contributed by atoms with van der Waals surface area (Å²) in [6, 6.07) is 8.19. The van der Waals surface area contributed by atoms with Crippen LogP contribution in [0.25, 0.3) is 11.3 Å². The molecule has 2 fully saturated rings. The summed E-state index contributed by atoms with van der Waals surface area (Å²) in [5.41, 5.74) is 6.18. The molecule has 0 saturated heterocycles. The predicted octanol–water partition coefficient (Wildman–Crippen LogP) is 4.60. The molecule has 1 aromatic carbocycles. The van der Waals surface area contributed by atoms with E-state index in [-0.39, 0.29) is 11.2 Å². The van der Waals surface area contributed by atoms with E-state index < -0.39 is 15.5 Å². The van der Waals surface area contributed by atoms with Gasteiger partial charge in [-0.1, -0.05) is 43.7 Å². The number of aryl methyl sites for hydroxylation is 1. The van der Waals surface area contributed by atoms with E-state index >= 15 is 0 Å². The largest absolute Gasteiger partial charge is 0.286 e. The Labute approximate surface area is 169 Å². The Morgan fingerprint density at radius 2 is 2.04 bits per heavy atom. The van der Waals surface area contributed by atoms with Crippen LogP contribution in [-0.4, -0.2) is 29.4 Å². The van der Waals surface area contributed by atoms with Gasteiger partial charge in [0, 0.05) is 22.1 Å². The molecular formula is C20H25N3O3S2. The molecule has 1 heterocycles. The van der Waals surface area contributed by atoms with Gasteiger partial charge >= 0.3 is 0 Å². The maximum Gasteiger partial charge on any atom is 0.265 e. The molecule has 6 nitrogen and oxygen atoms in total. The van der Waals surface area contributed by atoms with Crippen LogP contribution in [0.3, 0.4) is 0 Å². The van der Waals surface area contributed by atoms with Gasteiger partial charge in [-0.15, -0.1) is 11.3 Å². The number of aromatic nitrogens is 1. The van der Waals surface area contributed by atoms with Gasteiger partial charge in [0.25, 0.3) is 10.1 Å². The van der Waals surface area contributed by atoms with Gasteiger partial charge in [-0.05, 0) is 37.5 Å². The molecule has 2 saturated carbocycles. The van der Waals surface area contributed by atoms with Crippen LogP contribution in [0.2, 0.25) is 0 Å². The second-order valence-electron chi connectivity index (χ2n) is 8.54. The molecule has 1 aromatic heterocycles. The summed E-state index contributed by atoms with van der Waals surface area (Å²) in [5, 5.41) is 7.24. The van der Waals surface area contributed by atoms with E-state index in [9.17, 15) is 13.0 Å². The highest BCUT2D eigenvalue weighted by molar-refractivity contribution is 7.85. The van der Waals surface area contributed by atoms with Gasteiger partial charge in [0.05, 0.1) is 11.4 Å². The van der Waals surface area contributed by atoms with Crippen LogP contribution < -0.4 is 5.43 Å². The Hall–Kier alpha value is -1.77. The van der Waals surface area contributed by atoms with Gasteiger partial charge in [-0.2, -0.15) is 13.5 Å². The van der Waals surface area contributed by atoms with E-state index in [4.69, 9.17) is 0 Å². The fourth-order valence-electron chi connectivity index (χ4n) is 4.90. The Balaban J connectivity index is 1.59. The van der Waals surface area contributed by atoms with Crippen molar-refractivity contribution in [3.05, 3.63) is 35.2 Å². The van der Waals surface area contributed by atoms with E-state index in [0.29, 0.717) is 11.0 Å². The molecule has 0 spiro atoms. The van der Waals surface area contributed by atoms with Crippen LogP contribution in [-0.2, 0) is 10.1 Å². The number of fused-ring (bicyclic) bond motifs is 2. The topological polar surface area (TPSA) is 91.7 Å². The van der Waals surface area contributed by atoms with Crippen molar-refractivity contribution < 1.29 is 13.0 Å². The number of anilines is 1. The van der Waals surface area contributed by atoms with E-state index in [1.165, 1.54) is 16.9 Å². The summed E-state index contributed by atoms with van der Waals surface area (Å²) in [6.45, 7) is 6.24. The first-order valence-corrected chi connectivity index (χ1v) is 11.9. The molecule has 0 aliphatic heterocycles. The Morgan fingerprint density at radius 3 is 2.68 bits per heavy atom. The second-order valence-corrected chi connectivity index (χ2v) is 10.9. The highest BCUT2D eigenvalue weighted by Gasteiger charge is 2.64. The predicted molar refractivity (Wildman–Crippen MR) is 113 cm³/mol. The molecule has 2 bridgehead atoms. The average Bonchev–Trinajstić information content (AvgIpc) is 3.22. The summed E-state index contributed by atoms with van der Waals surface area (Å²) in [6.07, 6.45) is 2.46. The summed E-state index contributed by atoms with van der Waals surface area (Å²) in [5.74, 6) is 0.116. The third kappa shape index (κ3) is 3.27. The fraction of sp³-hybridized carbons (Fsp3) is 0.500. The van der Waals surface area contributed by atoms with Crippen LogP contribution in [0.1, 0.15) is 38.7 Å². The number of nitrogens with one attached hydrogen (secondary N) is 1. The monoisotopic (exact) mass is 419 g/mol. The average molecular weight is 420 g/mol. The lowest BCUT2D eigenvalue weighted by Gasteiger charge is -2.37. The molecule has 8 heteroatoms. The van der Waals surface area contributed by atoms with Crippen LogP contribution in [0.5, 0.6) is 0 Å². The van der Waals surface area contributed by atoms with Crippen molar-refractivity contribution in [3.63, 3.8) is 0 Å². The van der Waals surface area contributed by atoms with E-state index in [2.05, 4.69) is 41.5 Å². The molecular weight excluding hydrogens is 394 g/mol. The van der Waals surface area contributed by atoms with Gasteiger partial charge in [0.2, 0.25) is 5.13 Å². The van der Waals surface area contributed by atoms with Gasteiger partial charge in [-0.3, -0.25) is 9.98 Å². The number of hydrazone groups is 1. The minimum atomic E-state index is -4.10.